The topological polar surface area (TPSA) is 118 Å². The quantitative estimate of drug-likeness (QED) is 0.503. The van der Waals surface area contributed by atoms with Crippen molar-refractivity contribution >= 4 is 53.2 Å². The summed E-state index contributed by atoms with van der Waals surface area (Å²) in [5, 5.41) is 5.57. The van der Waals surface area contributed by atoms with Crippen molar-refractivity contribution in [1.82, 2.24) is 15.0 Å². The number of aromatic amines is 1. The average molecular weight is 338 g/mol. The lowest BCUT2D eigenvalue weighted by molar-refractivity contribution is 0.882. The molecule has 0 aliphatic heterocycles. The average Bonchev–Trinajstić information content (AvgIpc) is 2.85. The molecule has 0 spiro atoms. The molecule has 0 bridgehead atoms. The van der Waals surface area contributed by atoms with Crippen molar-refractivity contribution in [3.05, 3.63) is 11.6 Å². The number of hydrogen-bond donors (Lipinski definition) is 4. The number of nitrogens with one attached hydrogen (secondary N) is 2. The number of imidazole rings is 1. The number of guanidine groups is 1. The van der Waals surface area contributed by atoms with Gasteiger partial charge in [0.1, 0.15) is 5.69 Å². The minimum Gasteiger partial charge on any atom is -0.370 e. The van der Waals surface area contributed by atoms with Gasteiger partial charge in [-0.1, -0.05) is 0 Å². The number of halogens is 2. The van der Waals surface area contributed by atoms with E-state index in [1.54, 1.807) is 6.20 Å². The fourth-order valence-corrected chi connectivity index (χ4v) is 2.05. The fourth-order valence-electron chi connectivity index (χ4n) is 1.35. The van der Waals surface area contributed by atoms with Crippen LogP contribution in [-0.4, -0.2) is 27.0 Å². The molecular weight excluding hydrogens is 321 g/mol. The molecule has 0 atom stereocenters. The number of aromatic nitrogens is 3. The van der Waals surface area contributed by atoms with E-state index < -0.39 is 0 Å². The van der Waals surface area contributed by atoms with Gasteiger partial charge in [-0.15, -0.1) is 36.2 Å². The highest BCUT2D eigenvalue weighted by Gasteiger charge is 2.08. The maximum absolute atomic E-state index is 5.30. The highest BCUT2D eigenvalue weighted by molar-refractivity contribution is 7.13. The Labute approximate surface area is 133 Å². The number of nitrogens with zero attached hydrogens (tertiary/aromatic N) is 3. The van der Waals surface area contributed by atoms with Gasteiger partial charge in [0.15, 0.2) is 5.96 Å². The Morgan fingerprint density at radius 2 is 2.10 bits per heavy atom. The van der Waals surface area contributed by atoms with Crippen LogP contribution in [0.5, 0.6) is 0 Å². The monoisotopic (exact) mass is 337 g/mol. The molecule has 2 aromatic rings. The van der Waals surface area contributed by atoms with Crippen LogP contribution in [0, 0.1) is 0 Å². The summed E-state index contributed by atoms with van der Waals surface area (Å²) >= 11 is 1.37. The molecule has 6 N–H and O–H groups in total. The largest absolute Gasteiger partial charge is 0.370 e. The summed E-state index contributed by atoms with van der Waals surface area (Å²) in [5.41, 5.74) is 12.2. The van der Waals surface area contributed by atoms with Crippen LogP contribution in [0.15, 0.2) is 16.6 Å². The van der Waals surface area contributed by atoms with E-state index in [1.165, 1.54) is 11.3 Å². The van der Waals surface area contributed by atoms with Crippen molar-refractivity contribution in [1.29, 1.82) is 0 Å². The molecule has 0 aliphatic carbocycles. The molecule has 0 amide bonds. The van der Waals surface area contributed by atoms with E-state index >= 15 is 0 Å². The highest BCUT2D eigenvalue weighted by atomic mass is 35.5. The molecule has 0 aliphatic rings. The third kappa shape index (κ3) is 4.87. The SMILES string of the molecule is CC(C)Nc1ncc(-c2csc(N=C(N)N)n2)[nH]1.Cl.Cl. The second-order valence-corrected chi connectivity index (χ2v) is 4.83. The second-order valence-electron chi connectivity index (χ2n) is 4.00. The molecule has 20 heavy (non-hydrogen) atoms. The van der Waals surface area contributed by atoms with Crippen LogP contribution in [0.25, 0.3) is 11.4 Å². The third-order valence-electron chi connectivity index (χ3n) is 1.99. The first kappa shape index (κ1) is 18.5. The fraction of sp³-hybridized carbons (Fsp3) is 0.300. The van der Waals surface area contributed by atoms with E-state index in [0.29, 0.717) is 11.2 Å². The Kier molecular flexibility index (Phi) is 7.33. The van der Waals surface area contributed by atoms with Crippen molar-refractivity contribution < 1.29 is 0 Å². The molecule has 0 unspecified atom stereocenters. The summed E-state index contributed by atoms with van der Waals surface area (Å²) < 4.78 is 0. The Hall–Kier alpha value is -1.51. The van der Waals surface area contributed by atoms with Gasteiger partial charge >= 0.3 is 0 Å². The molecule has 0 aromatic carbocycles. The maximum atomic E-state index is 5.30. The molecule has 0 fully saturated rings. The van der Waals surface area contributed by atoms with Crippen molar-refractivity contribution in [2.24, 2.45) is 16.5 Å². The van der Waals surface area contributed by atoms with Gasteiger partial charge in [0, 0.05) is 11.4 Å². The lowest BCUT2D eigenvalue weighted by atomic mass is 10.4. The van der Waals surface area contributed by atoms with Gasteiger partial charge in [-0.05, 0) is 13.8 Å². The van der Waals surface area contributed by atoms with E-state index in [9.17, 15) is 0 Å². The molecule has 0 saturated heterocycles. The lowest BCUT2D eigenvalue weighted by Crippen LogP contribution is -2.21. The predicted octanol–water partition coefficient (Wildman–Crippen LogP) is 2.10. The van der Waals surface area contributed by atoms with E-state index in [-0.39, 0.29) is 30.8 Å². The minimum absolute atomic E-state index is 0. The molecule has 7 nitrogen and oxygen atoms in total. The smallest absolute Gasteiger partial charge is 0.212 e. The van der Waals surface area contributed by atoms with Gasteiger partial charge in [-0.2, -0.15) is 4.99 Å². The van der Waals surface area contributed by atoms with Gasteiger partial charge in [-0.25, -0.2) is 9.97 Å². The summed E-state index contributed by atoms with van der Waals surface area (Å²) in [6, 6.07) is 0.316. The summed E-state index contributed by atoms with van der Waals surface area (Å²) in [6.07, 6.45) is 1.72. The molecule has 0 radical (unpaired) electrons. The van der Waals surface area contributed by atoms with Crippen molar-refractivity contribution in [3.63, 3.8) is 0 Å². The van der Waals surface area contributed by atoms with Crippen LogP contribution in [0.4, 0.5) is 11.1 Å². The van der Waals surface area contributed by atoms with E-state index in [4.69, 9.17) is 11.5 Å². The third-order valence-corrected chi connectivity index (χ3v) is 2.73. The van der Waals surface area contributed by atoms with Crippen molar-refractivity contribution in [2.75, 3.05) is 5.32 Å². The molecule has 2 rings (SSSR count). The van der Waals surface area contributed by atoms with Crippen LogP contribution < -0.4 is 16.8 Å². The number of hydrogen-bond acceptors (Lipinski definition) is 5. The zero-order valence-corrected chi connectivity index (χ0v) is 13.4. The molecule has 10 heteroatoms. The Morgan fingerprint density at radius 3 is 2.70 bits per heavy atom. The number of H-pyrrole nitrogens is 1. The van der Waals surface area contributed by atoms with Crippen LogP contribution in [-0.2, 0) is 0 Å². The van der Waals surface area contributed by atoms with Crippen LogP contribution >= 0.6 is 36.2 Å². The second kappa shape index (κ2) is 7.93. The summed E-state index contributed by atoms with van der Waals surface area (Å²) in [6.45, 7) is 4.09. The van der Waals surface area contributed by atoms with Gasteiger partial charge in [-0.3, -0.25) is 0 Å². The first-order valence-corrected chi connectivity index (χ1v) is 6.29. The van der Waals surface area contributed by atoms with Gasteiger partial charge in [0.25, 0.3) is 0 Å². The predicted molar refractivity (Wildman–Crippen MR) is 88.4 cm³/mol. The maximum Gasteiger partial charge on any atom is 0.212 e. The standard InChI is InChI=1S/C10H15N7S.2ClH/c1-5(2)14-9-13-3-6(15-9)7-4-18-10(16-7)17-8(11)12;;/h3-5H,1-2H3,(H2,13,14,15)(H4,11,12,16,17);2*1H. The Balaban J connectivity index is 0.00000180. The number of rotatable bonds is 4. The Morgan fingerprint density at radius 1 is 1.40 bits per heavy atom. The summed E-state index contributed by atoms with van der Waals surface area (Å²) in [5.74, 6) is 0.721. The molecule has 112 valence electrons. The van der Waals surface area contributed by atoms with E-state index in [2.05, 4.69) is 25.3 Å². The number of nitrogens with two attached hydrogens (primary N) is 2. The zero-order chi connectivity index (χ0) is 13.1. The van der Waals surface area contributed by atoms with Gasteiger partial charge in [0.2, 0.25) is 11.1 Å². The highest BCUT2D eigenvalue weighted by Crippen LogP contribution is 2.26. The molecule has 2 aromatic heterocycles. The number of anilines is 1. The molecule has 2 heterocycles. The van der Waals surface area contributed by atoms with E-state index in [0.717, 1.165) is 17.3 Å². The summed E-state index contributed by atoms with van der Waals surface area (Å²) in [4.78, 5) is 15.5. The zero-order valence-electron chi connectivity index (χ0n) is 11.0. The van der Waals surface area contributed by atoms with Gasteiger partial charge in [0.05, 0.1) is 11.9 Å². The Bertz CT molecular complexity index is 559. The van der Waals surface area contributed by atoms with Gasteiger partial charge < -0.3 is 21.8 Å². The van der Waals surface area contributed by atoms with Crippen LogP contribution in [0.2, 0.25) is 0 Å². The number of thiazole rings is 1. The minimum atomic E-state index is 0. The first-order valence-electron chi connectivity index (χ1n) is 5.41. The lowest BCUT2D eigenvalue weighted by Gasteiger charge is -2.04. The molecule has 0 saturated carbocycles. The first-order chi connectivity index (χ1) is 8.54. The normalized spacial score (nSPS) is 9.55. The molecular formula is C10H17Cl2N7S. The van der Waals surface area contributed by atoms with E-state index in [1.807, 2.05) is 19.2 Å². The van der Waals surface area contributed by atoms with Crippen molar-refractivity contribution in [2.45, 2.75) is 19.9 Å². The van der Waals surface area contributed by atoms with Crippen LogP contribution in [0.3, 0.4) is 0 Å². The number of aliphatic imine (C=N–C) groups is 1. The van der Waals surface area contributed by atoms with Crippen LogP contribution in [0.1, 0.15) is 13.8 Å². The summed E-state index contributed by atoms with van der Waals surface area (Å²) in [7, 11) is 0. The van der Waals surface area contributed by atoms with Crippen molar-refractivity contribution in [3.8, 4) is 11.4 Å².